The van der Waals surface area contributed by atoms with E-state index in [0.29, 0.717) is 15.1 Å². The highest BCUT2D eigenvalue weighted by atomic mass is 35.5. The Morgan fingerprint density at radius 3 is 2.55 bits per heavy atom. The standard InChI is InChI=1S/C24H27Cl3N2O2/c1-28(23(30)12-15-5-7-19(26)20(27)11-15)24-18-13-16(25)14-22(31-2)17(18)6-8-21(24)29-9-3-4-10-29/h5,7,11,13-14,21,24H,3-4,6,8-10,12H2,1-2H3/t21-,24-/m0/s1. The molecule has 0 N–H and O–H groups in total. The Morgan fingerprint density at radius 2 is 1.87 bits per heavy atom. The summed E-state index contributed by atoms with van der Waals surface area (Å²) in [6, 6.07) is 9.42. The normalized spacial score (nSPS) is 21.1. The van der Waals surface area contributed by atoms with Crippen LogP contribution in [0.15, 0.2) is 30.3 Å². The van der Waals surface area contributed by atoms with Crippen LogP contribution in [0.5, 0.6) is 5.75 Å². The quantitative estimate of drug-likeness (QED) is 0.540. The van der Waals surface area contributed by atoms with Crippen LogP contribution in [0.25, 0.3) is 0 Å². The van der Waals surface area contributed by atoms with Crippen molar-refractivity contribution in [1.29, 1.82) is 0 Å². The number of likely N-dealkylation sites (N-methyl/N-ethyl adjacent to an activating group) is 1. The number of ether oxygens (including phenoxy) is 1. The van der Waals surface area contributed by atoms with Crippen molar-refractivity contribution in [3.63, 3.8) is 0 Å². The fraction of sp³-hybridized carbons (Fsp3) is 0.458. The molecule has 0 unspecified atom stereocenters. The number of methoxy groups -OCH3 is 1. The van der Waals surface area contributed by atoms with E-state index in [4.69, 9.17) is 39.5 Å². The zero-order valence-corrected chi connectivity index (χ0v) is 20.1. The summed E-state index contributed by atoms with van der Waals surface area (Å²) >= 11 is 18.7. The summed E-state index contributed by atoms with van der Waals surface area (Å²) in [5.74, 6) is 0.845. The van der Waals surface area contributed by atoms with Gasteiger partial charge in [0.25, 0.3) is 0 Å². The van der Waals surface area contributed by atoms with Gasteiger partial charge in [-0.2, -0.15) is 0 Å². The molecule has 1 saturated heterocycles. The molecule has 4 nitrogen and oxygen atoms in total. The maximum absolute atomic E-state index is 13.4. The Bertz CT molecular complexity index is 976. The number of likely N-dealkylation sites (tertiary alicyclic amines) is 1. The first kappa shape index (κ1) is 22.7. The molecule has 4 rings (SSSR count). The Hall–Kier alpha value is -1.46. The Kier molecular flexibility index (Phi) is 7.02. The molecule has 1 aliphatic heterocycles. The molecule has 1 heterocycles. The van der Waals surface area contributed by atoms with Crippen LogP contribution in [0.2, 0.25) is 15.1 Å². The van der Waals surface area contributed by atoms with Crippen LogP contribution in [-0.2, 0) is 17.6 Å². The average Bonchev–Trinajstić information content (AvgIpc) is 3.29. The van der Waals surface area contributed by atoms with Gasteiger partial charge in [0, 0.05) is 18.1 Å². The fourth-order valence-corrected chi connectivity index (χ4v) is 5.57. The summed E-state index contributed by atoms with van der Waals surface area (Å²) in [5.41, 5.74) is 3.10. The van der Waals surface area contributed by atoms with Gasteiger partial charge in [0.2, 0.25) is 5.91 Å². The first-order chi connectivity index (χ1) is 14.9. The number of halogens is 3. The molecule has 1 fully saturated rings. The van der Waals surface area contributed by atoms with Crippen LogP contribution < -0.4 is 4.74 Å². The molecule has 7 heteroatoms. The lowest BCUT2D eigenvalue weighted by molar-refractivity contribution is -0.133. The molecule has 1 amide bonds. The third-order valence-electron chi connectivity index (χ3n) is 6.56. The highest BCUT2D eigenvalue weighted by Gasteiger charge is 2.39. The number of hydrogen-bond acceptors (Lipinski definition) is 3. The molecule has 0 saturated carbocycles. The Labute approximate surface area is 199 Å². The van der Waals surface area contributed by atoms with E-state index in [2.05, 4.69) is 4.90 Å². The lowest BCUT2D eigenvalue weighted by Gasteiger charge is -2.44. The fourth-order valence-electron chi connectivity index (χ4n) is 5.03. The minimum Gasteiger partial charge on any atom is -0.496 e. The highest BCUT2D eigenvalue weighted by Crippen LogP contribution is 2.43. The predicted octanol–water partition coefficient (Wildman–Crippen LogP) is 5.81. The van der Waals surface area contributed by atoms with Crippen molar-refractivity contribution in [2.45, 2.75) is 44.2 Å². The van der Waals surface area contributed by atoms with E-state index in [1.165, 1.54) is 12.8 Å². The number of carbonyl (C=O) groups excluding carboxylic acids is 1. The maximum atomic E-state index is 13.4. The van der Waals surface area contributed by atoms with E-state index in [1.54, 1.807) is 19.2 Å². The molecular formula is C24H27Cl3N2O2. The number of rotatable bonds is 5. The predicted molar refractivity (Wildman–Crippen MR) is 127 cm³/mol. The zero-order valence-electron chi connectivity index (χ0n) is 17.8. The van der Waals surface area contributed by atoms with E-state index >= 15 is 0 Å². The number of hydrogen-bond donors (Lipinski definition) is 0. The van der Waals surface area contributed by atoms with Crippen LogP contribution in [0.3, 0.4) is 0 Å². The van der Waals surface area contributed by atoms with Gasteiger partial charge < -0.3 is 9.64 Å². The van der Waals surface area contributed by atoms with Crippen molar-refractivity contribution in [3.05, 3.63) is 62.1 Å². The molecule has 2 atom stereocenters. The summed E-state index contributed by atoms with van der Waals surface area (Å²) in [7, 11) is 3.57. The molecule has 31 heavy (non-hydrogen) atoms. The van der Waals surface area contributed by atoms with Crippen LogP contribution in [-0.4, -0.2) is 49.0 Å². The smallest absolute Gasteiger partial charge is 0.227 e. The molecule has 0 radical (unpaired) electrons. The van der Waals surface area contributed by atoms with Gasteiger partial charge in [-0.1, -0.05) is 40.9 Å². The van der Waals surface area contributed by atoms with Crippen LogP contribution in [0.4, 0.5) is 0 Å². The van der Waals surface area contributed by atoms with Gasteiger partial charge in [0.05, 0.1) is 29.6 Å². The van der Waals surface area contributed by atoms with Gasteiger partial charge in [0.1, 0.15) is 5.75 Å². The monoisotopic (exact) mass is 480 g/mol. The molecule has 1 aliphatic carbocycles. The van der Waals surface area contributed by atoms with Crippen molar-refractivity contribution in [1.82, 2.24) is 9.80 Å². The SMILES string of the molecule is COc1cc(Cl)cc2c1CC[C@H](N1CCCC1)[C@H]2N(C)C(=O)Cc1ccc(Cl)c(Cl)c1. The number of amides is 1. The number of nitrogens with zero attached hydrogens (tertiary/aromatic N) is 2. The van der Waals surface area contributed by atoms with Crippen molar-refractivity contribution < 1.29 is 9.53 Å². The summed E-state index contributed by atoms with van der Waals surface area (Å²) in [6.45, 7) is 2.14. The third kappa shape index (κ3) is 4.68. The van der Waals surface area contributed by atoms with E-state index in [9.17, 15) is 4.79 Å². The topological polar surface area (TPSA) is 32.8 Å². The van der Waals surface area contributed by atoms with Crippen molar-refractivity contribution in [3.8, 4) is 5.75 Å². The van der Waals surface area contributed by atoms with Gasteiger partial charge >= 0.3 is 0 Å². The molecule has 2 aromatic rings. The maximum Gasteiger partial charge on any atom is 0.227 e. The highest BCUT2D eigenvalue weighted by molar-refractivity contribution is 6.42. The van der Waals surface area contributed by atoms with Gasteiger partial charge in [-0.15, -0.1) is 0 Å². The Balaban J connectivity index is 1.68. The summed E-state index contributed by atoms with van der Waals surface area (Å²) in [4.78, 5) is 17.8. The second kappa shape index (κ2) is 9.58. The summed E-state index contributed by atoms with van der Waals surface area (Å²) in [6.07, 6.45) is 4.58. The van der Waals surface area contributed by atoms with E-state index in [1.807, 2.05) is 30.1 Å². The van der Waals surface area contributed by atoms with Crippen molar-refractivity contribution in [2.75, 3.05) is 27.2 Å². The molecular weight excluding hydrogens is 455 g/mol. The molecule has 2 aromatic carbocycles. The lowest BCUT2D eigenvalue weighted by Crippen LogP contribution is -2.48. The van der Waals surface area contributed by atoms with Gasteiger partial charge in [-0.3, -0.25) is 9.69 Å². The largest absolute Gasteiger partial charge is 0.496 e. The first-order valence-electron chi connectivity index (χ1n) is 10.7. The average molecular weight is 482 g/mol. The summed E-state index contributed by atoms with van der Waals surface area (Å²) in [5, 5.41) is 1.58. The van der Waals surface area contributed by atoms with Crippen LogP contribution >= 0.6 is 34.8 Å². The van der Waals surface area contributed by atoms with Crippen molar-refractivity contribution in [2.24, 2.45) is 0 Å². The summed E-state index contributed by atoms with van der Waals surface area (Å²) < 4.78 is 5.63. The number of carbonyl (C=O) groups is 1. The molecule has 166 valence electrons. The second-order valence-corrected chi connectivity index (χ2v) is 9.65. The van der Waals surface area contributed by atoms with Crippen molar-refractivity contribution >= 4 is 40.7 Å². The zero-order chi connectivity index (χ0) is 22.1. The first-order valence-corrected chi connectivity index (χ1v) is 11.8. The van der Waals surface area contributed by atoms with E-state index in [-0.39, 0.29) is 24.4 Å². The molecule has 0 aromatic heterocycles. The minimum absolute atomic E-state index is 0.0411. The van der Waals surface area contributed by atoms with Gasteiger partial charge in [-0.05, 0) is 79.7 Å². The molecule has 2 aliphatic rings. The molecule has 0 bridgehead atoms. The van der Waals surface area contributed by atoms with E-state index in [0.717, 1.165) is 48.4 Å². The van der Waals surface area contributed by atoms with Crippen LogP contribution in [0.1, 0.15) is 42.0 Å². The second-order valence-electron chi connectivity index (χ2n) is 8.40. The number of fused-ring (bicyclic) bond motifs is 1. The van der Waals surface area contributed by atoms with E-state index < -0.39 is 0 Å². The molecule has 0 spiro atoms. The van der Waals surface area contributed by atoms with Gasteiger partial charge in [-0.25, -0.2) is 0 Å². The lowest BCUT2D eigenvalue weighted by atomic mass is 9.81. The minimum atomic E-state index is -0.0790. The Morgan fingerprint density at radius 1 is 1.13 bits per heavy atom. The van der Waals surface area contributed by atoms with Gasteiger partial charge in [0.15, 0.2) is 0 Å². The third-order valence-corrected chi connectivity index (χ3v) is 7.52. The number of benzene rings is 2. The van der Waals surface area contributed by atoms with Crippen LogP contribution in [0, 0.1) is 0 Å².